The maximum Gasteiger partial charge on any atom is 0.222 e. The van der Waals surface area contributed by atoms with Crippen LogP contribution in [0.2, 0.25) is 0 Å². The summed E-state index contributed by atoms with van der Waals surface area (Å²) in [5.41, 5.74) is 12.1. The number of rotatable bonds is 7. The number of nitrogens with zero attached hydrogens (tertiary/aromatic N) is 2. The lowest BCUT2D eigenvalue weighted by Gasteiger charge is -1.92. The Kier molecular flexibility index (Phi) is 5.84. The maximum atomic E-state index is 11.0. The van der Waals surface area contributed by atoms with Gasteiger partial charge in [0, 0.05) is 9.75 Å². The second-order valence-corrected chi connectivity index (χ2v) is 9.22. The van der Waals surface area contributed by atoms with Crippen LogP contribution in [-0.4, -0.2) is 21.8 Å². The number of carbonyl (C=O) groups excluding carboxylic acids is 2. The Labute approximate surface area is 143 Å². The van der Waals surface area contributed by atoms with Gasteiger partial charge < -0.3 is 11.5 Å². The molecule has 0 unspecified atom stereocenters. The number of hydrogen-bond donors (Lipinski definition) is 2. The molecular weight excluding hydrogens is 360 g/mol. The largest absolute Gasteiger partial charge is 0.369 e. The van der Waals surface area contributed by atoms with Crippen LogP contribution in [0.1, 0.15) is 21.1 Å². The molecule has 0 aliphatic rings. The summed E-state index contributed by atoms with van der Waals surface area (Å²) < 4.78 is 1.70. The van der Waals surface area contributed by atoms with Gasteiger partial charge in [-0.15, -0.1) is 22.7 Å². The van der Waals surface area contributed by atoms with Crippen molar-refractivity contribution in [3.05, 3.63) is 21.1 Å². The number of aryl methyl sites for hydroxylation is 2. The number of primary amides is 2. The lowest BCUT2D eigenvalue weighted by Crippen LogP contribution is -2.13. The van der Waals surface area contributed by atoms with E-state index in [1.54, 1.807) is 0 Å². The molecule has 0 saturated carbocycles. The van der Waals surface area contributed by atoms with Crippen LogP contribution < -0.4 is 11.5 Å². The normalized spacial score (nSPS) is 10.8. The SMILES string of the molecule is Cc1nc(SSc2nc(C)c(CC(N)=O)s2)sc1CC(N)=O. The minimum atomic E-state index is -0.359. The fraction of sp³-hybridized carbons (Fsp3) is 0.333. The number of amides is 2. The monoisotopic (exact) mass is 374 g/mol. The summed E-state index contributed by atoms with van der Waals surface area (Å²) in [4.78, 5) is 32.6. The molecule has 0 aliphatic carbocycles. The van der Waals surface area contributed by atoms with E-state index in [9.17, 15) is 9.59 Å². The number of thiazole rings is 2. The van der Waals surface area contributed by atoms with Gasteiger partial charge in [-0.05, 0) is 35.4 Å². The average molecular weight is 375 g/mol. The first kappa shape index (κ1) is 17.3. The zero-order chi connectivity index (χ0) is 16.3. The van der Waals surface area contributed by atoms with Gasteiger partial charge in [0.2, 0.25) is 11.8 Å². The van der Waals surface area contributed by atoms with Crippen LogP contribution in [0.5, 0.6) is 0 Å². The quantitative estimate of drug-likeness (QED) is 0.718. The minimum absolute atomic E-state index is 0.216. The molecule has 2 amide bonds. The van der Waals surface area contributed by atoms with E-state index < -0.39 is 0 Å². The van der Waals surface area contributed by atoms with Gasteiger partial charge in [-0.1, -0.05) is 0 Å². The topological polar surface area (TPSA) is 112 Å². The highest BCUT2D eigenvalue weighted by molar-refractivity contribution is 8.77. The Hall–Kier alpha value is -1.10. The van der Waals surface area contributed by atoms with Gasteiger partial charge in [-0.2, -0.15) is 0 Å². The van der Waals surface area contributed by atoms with Gasteiger partial charge in [0.1, 0.15) is 0 Å². The summed E-state index contributed by atoms with van der Waals surface area (Å²) in [6.07, 6.45) is 0.432. The van der Waals surface area contributed by atoms with E-state index in [1.807, 2.05) is 13.8 Å². The fourth-order valence-corrected chi connectivity index (χ4v) is 6.43. The molecule has 0 aliphatic heterocycles. The van der Waals surface area contributed by atoms with Crippen molar-refractivity contribution in [2.24, 2.45) is 11.5 Å². The second-order valence-electron chi connectivity index (χ2n) is 4.43. The van der Waals surface area contributed by atoms with E-state index in [4.69, 9.17) is 11.5 Å². The Bertz CT molecular complexity index is 650. The minimum Gasteiger partial charge on any atom is -0.369 e. The predicted octanol–water partition coefficient (Wildman–Crippen LogP) is 2.07. The first-order valence-electron chi connectivity index (χ1n) is 6.19. The van der Waals surface area contributed by atoms with Crippen molar-refractivity contribution in [1.82, 2.24) is 9.97 Å². The molecule has 0 bridgehead atoms. The smallest absolute Gasteiger partial charge is 0.222 e. The van der Waals surface area contributed by atoms with Gasteiger partial charge in [0.25, 0.3) is 0 Å². The van der Waals surface area contributed by atoms with E-state index in [0.717, 1.165) is 29.8 Å². The van der Waals surface area contributed by atoms with Crippen molar-refractivity contribution in [1.29, 1.82) is 0 Å². The number of nitrogens with two attached hydrogens (primary N) is 2. The zero-order valence-corrected chi connectivity index (χ0v) is 15.2. The molecule has 22 heavy (non-hydrogen) atoms. The molecule has 10 heteroatoms. The first-order chi connectivity index (χ1) is 10.3. The fourth-order valence-electron chi connectivity index (χ4n) is 1.59. The molecule has 2 aromatic rings. The van der Waals surface area contributed by atoms with E-state index in [2.05, 4.69) is 9.97 Å². The number of aromatic nitrogens is 2. The second kappa shape index (κ2) is 7.44. The highest BCUT2D eigenvalue weighted by atomic mass is 33.1. The molecule has 0 aromatic carbocycles. The highest BCUT2D eigenvalue weighted by Crippen LogP contribution is 2.42. The summed E-state index contributed by atoms with van der Waals surface area (Å²) in [6, 6.07) is 0. The number of carbonyl (C=O) groups is 2. The third kappa shape index (κ3) is 4.70. The summed E-state index contributed by atoms with van der Waals surface area (Å²) in [6.45, 7) is 3.73. The zero-order valence-electron chi connectivity index (χ0n) is 11.9. The molecule has 2 heterocycles. The van der Waals surface area contributed by atoms with Crippen molar-refractivity contribution in [3.63, 3.8) is 0 Å². The summed E-state index contributed by atoms with van der Waals surface area (Å²) in [5, 5.41) is 0. The lowest BCUT2D eigenvalue weighted by atomic mass is 10.3. The molecule has 2 aromatic heterocycles. The summed E-state index contributed by atoms with van der Waals surface area (Å²) in [5.74, 6) is -0.717. The van der Waals surface area contributed by atoms with Gasteiger partial charge in [-0.25, -0.2) is 9.97 Å². The van der Waals surface area contributed by atoms with Crippen molar-refractivity contribution in [2.45, 2.75) is 35.4 Å². The van der Waals surface area contributed by atoms with Crippen LogP contribution in [0.3, 0.4) is 0 Å². The summed E-state index contributed by atoms with van der Waals surface area (Å²) >= 11 is 2.92. The molecule has 6 nitrogen and oxygen atoms in total. The Morgan fingerprint density at radius 2 is 1.27 bits per heavy atom. The van der Waals surface area contributed by atoms with Crippen LogP contribution in [0.4, 0.5) is 0 Å². The van der Waals surface area contributed by atoms with Gasteiger partial charge in [-0.3, -0.25) is 9.59 Å². The average Bonchev–Trinajstić information content (AvgIpc) is 2.90. The van der Waals surface area contributed by atoms with E-state index in [0.29, 0.717) is 0 Å². The van der Waals surface area contributed by atoms with Crippen LogP contribution in [0.15, 0.2) is 8.68 Å². The summed E-state index contributed by atoms with van der Waals surface area (Å²) in [7, 11) is 2.96. The van der Waals surface area contributed by atoms with Crippen LogP contribution in [0, 0.1) is 13.8 Å². The third-order valence-corrected chi connectivity index (χ3v) is 7.89. The molecule has 2 rings (SSSR count). The van der Waals surface area contributed by atoms with Crippen LogP contribution >= 0.6 is 44.3 Å². The molecular formula is C12H14N4O2S4. The Morgan fingerprint density at radius 1 is 0.909 bits per heavy atom. The molecule has 0 fully saturated rings. The van der Waals surface area contributed by atoms with Crippen molar-refractivity contribution < 1.29 is 9.59 Å². The number of hydrogen-bond acceptors (Lipinski definition) is 8. The van der Waals surface area contributed by atoms with Crippen LogP contribution in [-0.2, 0) is 22.4 Å². The Morgan fingerprint density at radius 3 is 1.59 bits per heavy atom. The van der Waals surface area contributed by atoms with Gasteiger partial charge in [0.05, 0.1) is 24.2 Å². The first-order valence-corrected chi connectivity index (χ1v) is 9.97. The molecule has 4 N–H and O–H groups in total. The standard InChI is InChI=1S/C12H14N4O2S4/c1-5-7(3-9(13)17)19-11(15-5)21-22-12-16-6(2)8(20-12)4-10(14)18/h3-4H2,1-2H3,(H2,13,17)(H2,14,18). The van der Waals surface area contributed by atoms with Crippen molar-refractivity contribution in [3.8, 4) is 0 Å². The molecule has 0 atom stereocenters. The molecule has 0 radical (unpaired) electrons. The highest BCUT2D eigenvalue weighted by Gasteiger charge is 2.14. The predicted molar refractivity (Wildman–Crippen MR) is 91.2 cm³/mol. The Balaban J connectivity index is 2.01. The van der Waals surface area contributed by atoms with Crippen molar-refractivity contribution >= 4 is 56.1 Å². The molecule has 0 saturated heterocycles. The van der Waals surface area contributed by atoms with Gasteiger partial charge >= 0.3 is 0 Å². The van der Waals surface area contributed by atoms with Gasteiger partial charge in [0.15, 0.2) is 8.68 Å². The van der Waals surface area contributed by atoms with E-state index >= 15 is 0 Å². The van der Waals surface area contributed by atoms with E-state index in [1.165, 1.54) is 44.3 Å². The van der Waals surface area contributed by atoms with Crippen LogP contribution in [0.25, 0.3) is 0 Å². The lowest BCUT2D eigenvalue weighted by molar-refractivity contribution is -0.118. The van der Waals surface area contributed by atoms with Crippen molar-refractivity contribution in [2.75, 3.05) is 0 Å². The molecule has 118 valence electrons. The molecule has 0 spiro atoms. The third-order valence-electron chi connectivity index (χ3n) is 2.60. The maximum absolute atomic E-state index is 11.0. The van der Waals surface area contributed by atoms with E-state index in [-0.39, 0.29) is 24.7 Å².